The quantitative estimate of drug-likeness (QED) is 0.848. The molecule has 0 amide bonds. The highest BCUT2D eigenvalue weighted by atomic mass is 19.4. The Morgan fingerprint density at radius 3 is 2.25 bits per heavy atom. The Morgan fingerprint density at radius 1 is 1.12 bits per heavy atom. The van der Waals surface area contributed by atoms with Crippen LogP contribution >= 0.6 is 0 Å². The van der Waals surface area contributed by atoms with E-state index in [-0.39, 0.29) is 0 Å². The second kappa shape index (κ2) is 6.24. The van der Waals surface area contributed by atoms with Gasteiger partial charge in [-0.3, -0.25) is 9.58 Å². The summed E-state index contributed by atoms with van der Waals surface area (Å²) in [5.41, 5.74) is 3.94. The number of aryl methyl sites for hydroxylation is 2. The number of likely N-dealkylation sites (tertiary alicyclic amines) is 1. The van der Waals surface area contributed by atoms with Gasteiger partial charge < -0.3 is 0 Å². The van der Waals surface area contributed by atoms with Crippen LogP contribution in [-0.2, 0) is 26.2 Å². The Kier molecular flexibility index (Phi) is 4.42. The standard InChI is InChI=1S/C18H22F3N3/c1-12-17(13(2)23(3)22-12)11-24-9-15(10-24)8-14-4-6-16(7-5-14)18(19,20)21/h4-7,15H,8-11H2,1-3H3. The van der Waals surface area contributed by atoms with E-state index in [0.717, 1.165) is 37.3 Å². The molecular weight excluding hydrogens is 315 g/mol. The van der Waals surface area contributed by atoms with Gasteiger partial charge in [0.05, 0.1) is 11.3 Å². The van der Waals surface area contributed by atoms with Crippen molar-refractivity contribution in [1.29, 1.82) is 0 Å². The average Bonchev–Trinajstić information content (AvgIpc) is 2.70. The summed E-state index contributed by atoms with van der Waals surface area (Å²) in [5, 5.41) is 4.43. The van der Waals surface area contributed by atoms with Gasteiger partial charge >= 0.3 is 6.18 Å². The highest BCUT2D eigenvalue weighted by molar-refractivity contribution is 5.26. The number of aromatic nitrogens is 2. The number of benzene rings is 1. The average molecular weight is 337 g/mol. The highest BCUT2D eigenvalue weighted by Crippen LogP contribution is 2.30. The summed E-state index contributed by atoms with van der Waals surface area (Å²) in [6.07, 6.45) is -3.43. The Hall–Kier alpha value is -1.82. The molecule has 1 aromatic carbocycles. The van der Waals surface area contributed by atoms with E-state index < -0.39 is 11.7 Å². The second-order valence-corrected chi connectivity index (χ2v) is 6.73. The molecule has 0 atom stereocenters. The molecule has 0 N–H and O–H groups in total. The lowest BCUT2D eigenvalue weighted by Crippen LogP contribution is -2.46. The molecule has 3 nitrogen and oxygen atoms in total. The summed E-state index contributed by atoms with van der Waals surface area (Å²) in [6, 6.07) is 5.55. The molecule has 0 bridgehead atoms. The van der Waals surface area contributed by atoms with Crippen LogP contribution < -0.4 is 0 Å². The van der Waals surface area contributed by atoms with Gasteiger partial charge in [-0.1, -0.05) is 12.1 Å². The van der Waals surface area contributed by atoms with Crippen molar-refractivity contribution >= 4 is 0 Å². The van der Waals surface area contributed by atoms with Gasteiger partial charge in [0, 0.05) is 37.9 Å². The zero-order valence-electron chi connectivity index (χ0n) is 14.2. The van der Waals surface area contributed by atoms with Crippen molar-refractivity contribution < 1.29 is 13.2 Å². The number of nitrogens with zero attached hydrogens (tertiary/aromatic N) is 3. The lowest BCUT2D eigenvalue weighted by Gasteiger charge is -2.39. The van der Waals surface area contributed by atoms with E-state index in [1.807, 2.05) is 18.7 Å². The van der Waals surface area contributed by atoms with Gasteiger partial charge in [-0.05, 0) is 43.9 Å². The SMILES string of the molecule is Cc1nn(C)c(C)c1CN1CC(Cc2ccc(C(F)(F)F)cc2)C1. The van der Waals surface area contributed by atoms with E-state index in [1.165, 1.54) is 23.4 Å². The zero-order valence-corrected chi connectivity index (χ0v) is 14.2. The zero-order chi connectivity index (χ0) is 17.5. The highest BCUT2D eigenvalue weighted by Gasteiger charge is 2.31. The van der Waals surface area contributed by atoms with Crippen molar-refractivity contribution in [3.8, 4) is 0 Å². The van der Waals surface area contributed by atoms with E-state index in [9.17, 15) is 13.2 Å². The molecule has 130 valence electrons. The summed E-state index contributed by atoms with van der Waals surface area (Å²) in [5.74, 6) is 0.513. The molecule has 1 aliphatic rings. The van der Waals surface area contributed by atoms with Crippen LogP contribution in [0, 0.1) is 19.8 Å². The molecule has 24 heavy (non-hydrogen) atoms. The number of rotatable bonds is 4. The first-order valence-electron chi connectivity index (χ1n) is 8.11. The molecule has 0 radical (unpaired) electrons. The lowest BCUT2D eigenvalue weighted by molar-refractivity contribution is -0.137. The Bertz CT molecular complexity index is 710. The van der Waals surface area contributed by atoms with Crippen molar-refractivity contribution in [2.75, 3.05) is 13.1 Å². The molecule has 1 fully saturated rings. The topological polar surface area (TPSA) is 21.1 Å². The molecule has 2 heterocycles. The molecular formula is C18H22F3N3. The fraction of sp³-hybridized carbons (Fsp3) is 0.500. The minimum atomic E-state index is -4.26. The maximum atomic E-state index is 12.6. The molecule has 0 saturated carbocycles. The second-order valence-electron chi connectivity index (χ2n) is 6.73. The normalized spacial score (nSPS) is 16.4. The van der Waals surface area contributed by atoms with Crippen LogP contribution in [0.1, 0.15) is 28.1 Å². The molecule has 1 aromatic heterocycles. The summed E-state index contributed by atoms with van der Waals surface area (Å²) >= 11 is 0. The van der Waals surface area contributed by atoms with Crippen LogP contribution in [0.3, 0.4) is 0 Å². The van der Waals surface area contributed by atoms with Gasteiger partial charge in [-0.25, -0.2) is 0 Å². The fourth-order valence-corrected chi connectivity index (χ4v) is 3.37. The van der Waals surface area contributed by atoms with Crippen LogP contribution in [-0.4, -0.2) is 27.8 Å². The van der Waals surface area contributed by atoms with Crippen LogP contribution in [0.4, 0.5) is 13.2 Å². The van der Waals surface area contributed by atoms with E-state index in [1.54, 1.807) is 12.1 Å². The number of alkyl halides is 3. The Labute approximate surface area is 140 Å². The van der Waals surface area contributed by atoms with Gasteiger partial charge in [0.15, 0.2) is 0 Å². The van der Waals surface area contributed by atoms with Crippen molar-refractivity contribution in [2.24, 2.45) is 13.0 Å². The molecule has 6 heteroatoms. The van der Waals surface area contributed by atoms with Crippen molar-refractivity contribution in [2.45, 2.75) is 33.0 Å². The first-order valence-corrected chi connectivity index (χ1v) is 8.11. The molecule has 0 unspecified atom stereocenters. The van der Waals surface area contributed by atoms with Crippen LogP contribution in [0.15, 0.2) is 24.3 Å². The minimum absolute atomic E-state index is 0.513. The molecule has 2 aromatic rings. The smallest absolute Gasteiger partial charge is 0.298 e. The van der Waals surface area contributed by atoms with Gasteiger partial charge in [0.1, 0.15) is 0 Å². The predicted molar refractivity (Wildman–Crippen MR) is 86.6 cm³/mol. The molecule has 1 saturated heterocycles. The maximum absolute atomic E-state index is 12.6. The van der Waals surface area contributed by atoms with Crippen LogP contribution in [0.5, 0.6) is 0 Å². The first kappa shape index (κ1) is 17.0. The lowest BCUT2D eigenvalue weighted by atomic mass is 9.91. The van der Waals surface area contributed by atoms with Crippen molar-refractivity contribution in [3.05, 3.63) is 52.3 Å². The Morgan fingerprint density at radius 2 is 1.75 bits per heavy atom. The minimum Gasteiger partial charge on any atom is -0.298 e. The van der Waals surface area contributed by atoms with Crippen molar-refractivity contribution in [3.63, 3.8) is 0 Å². The third kappa shape index (κ3) is 3.48. The van der Waals surface area contributed by atoms with E-state index in [2.05, 4.69) is 16.9 Å². The molecule has 0 spiro atoms. The van der Waals surface area contributed by atoms with Gasteiger partial charge in [-0.2, -0.15) is 18.3 Å². The monoisotopic (exact) mass is 337 g/mol. The number of hydrogen-bond acceptors (Lipinski definition) is 2. The van der Waals surface area contributed by atoms with Crippen LogP contribution in [0.2, 0.25) is 0 Å². The maximum Gasteiger partial charge on any atom is 0.416 e. The van der Waals surface area contributed by atoms with Crippen molar-refractivity contribution in [1.82, 2.24) is 14.7 Å². The Balaban J connectivity index is 1.52. The molecule has 1 aliphatic heterocycles. The molecule has 0 aliphatic carbocycles. The summed E-state index contributed by atoms with van der Waals surface area (Å²) in [4.78, 5) is 2.37. The summed E-state index contributed by atoms with van der Waals surface area (Å²) < 4.78 is 39.6. The third-order valence-corrected chi connectivity index (χ3v) is 4.88. The fourth-order valence-electron chi connectivity index (χ4n) is 3.37. The largest absolute Gasteiger partial charge is 0.416 e. The summed E-state index contributed by atoms with van der Waals surface area (Å²) in [7, 11) is 1.95. The van der Waals surface area contributed by atoms with Gasteiger partial charge in [0.2, 0.25) is 0 Å². The molecule has 3 rings (SSSR count). The van der Waals surface area contributed by atoms with E-state index in [4.69, 9.17) is 0 Å². The van der Waals surface area contributed by atoms with E-state index >= 15 is 0 Å². The number of halogens is 3. The van der Waals surface area contributed by atoms with Gasteiger partial charge in [-0.15, -0.1) is 0 Å². The predicted octanol–water partition coefficient (Wildman–Crippen LogP) is 3.73. The number of hydrogen-bond donors (Lipinski definition) is 0. The van der Waals surface area contributed by atoms with Gasteiger partial charge in [0.25, 0.3) is 0 Å². The third-order valence-electron chi connectivity index (χ3n) is 4.88. The van der Waals surface area contributed by atoms with E-state index in [0.29, 0.717) is 5.92 Å². The summed E-state index contributed by atoms with van der Waals surface area (Å²) in [6.45, 7) is 6.97. The first-order chi connectivity index (χ1) is 11.2. The van der Waals surface area contributed by atoms with Crippen LogP contribution in [0.25, 0.3) is 0 Å².